The average Bonchev–Trinajstić information content (AvgIpc) is 3.01. The highest BCUT2D eigenvalue weighted by molar-refractivity contribution is 7.76. The molecule has 1 unspecified atom stereocenters. The number of benzene rings is 2. The van der Waals surface area contributed by atoms with Crippen LogP contribution in [-0.2, 0) is 24.2 Å². The maximum Gasteiger partial charge on any atom is 0.118 e. The summed E-state index contributed by atoms with van der Waals surface area (Å²) in [6.07, 6.45) is 2.95. The molecule has 150 valence electrons. The monoisotopic (exact) mass is 402 g/mol. The number of rotatable bonds is 6. The van der Waals surface area contributed by atoms with Crippen LogP contribution in [-0.4, -0.2) is 32.5 Å². The predicted molar refractivity (Wildman–Crippen MR) is 108 cm³/mol. The molecule has 7 nitrogen and oxygen atoms in total. The van der Waals surface area contributed by atoms with Crippen LogP contribution in [0.25, 0.3) is 0 Å². The van der Waals surface area contributed by atoms with E-state index < -0.39 is 11.3 Å². The van der Waals surface area contributed by atoms with Gasteiger partial charge in [0.15, 0.2) is 0 Å². The van der Waals surface area contributed by atoms with Crippen LogP contribution in [0.5, 0.6) is 11.5 Å². The fourth-order valence-corrected chi connectivity index (χ4v) is 2.70. The Kier molecular flexibility index (Phi) is 8.19. The highest BCUT2D eigenvalue weighted by Crippen LogP contribution is 2.17. The van der Waals surface area contributed by atoms with E-state index in [9.17, 15) is 0 Å². The topological polar surface area (TPSA) is 102 Å². The van der Waals surface area contributed by atoms with Crippen LogP contribution in [0.2, 0.25) is 0 Å². The van der Waals surface area contributed by atoms with Gasteiger partial charge in [0.05, 0.1) is 19.9 Å². The third-order valence-corrected chi connectivity index (χ3v) is 4.08. The molecule has 3 aromatic rings. The first-order valence-electron chi connectivity index (χ1n) is 8.53. The second-order valence-electron chi connectivity index (χ2n) is 6.04. The molecule has 1 atom stereocenters. The Balaban J connectivity index is 0.000000640. The third kappa shape index (κ3) is 6.80. The molecule has 0 spiro atoms. The molecule has 8 heteroatoms. The number of nitrogens with zero attached hydrogens (tertiary/aromatic N) is 2. The van der Waals surface area contributed by atoms with Crippen LogP contribution in [0.15, 0.2) is 54.7 Å². The van der Waals surface area contributed by atoms with Crippen molar-refractivity contribution in [1.82, 2.24) is 9.55 Å². The lowest BCUT2D eigenvalue weighted by molar-refractivity contribution is 0.414. The van der Waals surface area contributed by atoms with E-state index in [4.69, 9.17) is 18.2 Å². The minimum atomic E-state index is -2.36. The standard InChI is InChI=1S/C20H22N2O2.H3NO2S/c1-15-21-18(12-16-4-8-19(23-2)9-5-16)14-22(15)13-17-6-10-20(24-3)11-7-17;1-4(2)3/h4-11,14H,12-13H2,1-3H3;1H2,(H,2,3)/p-1. The minimum absolute atomic E-state index is 0.811. The number of hydrogen-bond donors (Lipinski definition) is 1. The first kappa shape index (κ1) is 21.6. The zero-order valence-electron chi connectivity index (χ0n) is 16.1. The van der Waals surface area contributed by atoms with Gasteiger partial charge in [-0.2, -0.15) is 0 Å². The molecule has 0 saturated carbocycles. The average molecular weight is 402 g/mol. The quantitative estimate of drug-likeness (QED) is 0.639. The predicted octanol–water partition coefficient (Wildman–Crippen LogP) is 2.59. The normalized spacial score (nSPS) is 11.3. The highest BCUT2D eigenvalue weighted by atomic mass is 32.2. The second kappa shape index (κ2) is 10.6. The van der Waals surface area contributed by atoms with Crippen molar-refractivity contribution in [3.63, 3.8) is 0 Å². The van der Waals surface area contributed by atoms with Gasteiger partial charge in [0.2, 0.25) is 0 Å². The fraction of sp³-hybridized carbons (Fsp3) is 0.250. The number of nitrogens with two attached hydrogens (primary N) is 1. The summed E-state index contributed by atoms with van der Waals surface area (Å²) < 4.78 is 30.1. The van der Waals surface area contributed by atoms with Gasteiger partial charge in [-0.3, -0.25) is 9.35 Å². The number of aryl methyl sites for hydroxylation is 1. The number of aromatic nitrogens is 2. The van der Waals surface area contributed by atoms with E-state index in [2.05, 4.69) is 45.2 Å². The molecule has 0 saturated heterocycles. The van der Waals surface area contributed by atoms with E-state index in [0.717, 1.165) is 36.0 Å². The first-order valence-corrected chi connectivity index (χ1v) is 9.67. The lowest BCUT2D eigenvalue weighted by Crippen LogP contribution is -2.00. The largest absolute Gasteiger partial charge is 0.760 e. The summed E-state index contributed by atoms with van der Waals surface area (Å²) in [7, 11) is 3.36. The van der Waals surface area contributed by atoms with E-state index in [1.165, 1.54) is 11.1 Å². The van der Waals surface area contributed by atoms with Gasteiger partial charge < -0.3 is 18.6 Å². The highest BCUT2D eigenvalue weighted by Gasteiger charge is 2.06. The molecule has 0 bridgehead atoms. The lowest BCUT2D eigenvalue weighted by atomic mass is 10.1. The molecule has 1 heterocycles. The number of hydrogen-bond acceptors (Lipinski definition) is 5. The molecule has 3 rings (SSSR count). The summed E-state index contributed by atoms with van der Waals surface area (Å²) >= 11 is -2.36. The number of methoxy groups -OCH3 is 2. The van der Waals surface area contributed by atoms with Crippen molar-refractivity contribution in [1.29, 1.82) is 0 Å². The SMILES string of the molecule is COc1ccc(Cc2cn(Cc3ccc(OC)cc3)c(C)n2)cc1.NS(=O)[O-]. The van der Waals surface area contributed by atoms with Crippen molar-refractivity contribution >= 4 is 11.3 Å². The zero-order valence-corrected chi connectivity index (χ0v) is 16.9. The fourth-order valence-electron chi connectivity index (χ4n) is 2.70. The Morgan fingerprint density at radius 1 is 1.00 bits per heavy atom. The van der Waals surface area contributed by atoms with Gasteiger partial charge in [-0.25, -0.2) is 4.98 Å². The summed E-state index contributed by atoms with van der Waals surface area (Å²) in [6, 6.07) is 16.3. The van der Waals surface area contributed by atoms with Crippen LogP contribution in [0, 0.1) is 6.92 Å². The second-order valence-corrected chi connectivity index (χ2v) is 6.56. The summed E-state index contributed by atoms with van der Waals surface area (Å²) in [5.41, 5.74) is 3.53. The van der Waals surface area contributed by atoms with E-state index in [1.807, 2.05) is 31.2 Å². The smallest absolute Gasteiger partial charge is 0.118 e. The van der Waals surface area contributed by atoms with Crippen LogP contribution < -0.4 is 14.6 Å². The van der Waals surface area contributed by atoms with Gasteiger partial charge in [0, 0.05) is 30.4 Å². The minimum Gasteiger partial charge on any atom is -0.760 e. The Hall–Kier alpha value is -2.68. The van der Waals surface area contributed by atoms with Gasteiger partial charge in [0.25, 0.3) is 0 Å². The molecule has 0 fully saturated rings. The maximum atomic E-state index is 8.78. The molecule has 2 aromatic carbocycles. The van der Waals surface area contributed by atoms with Crippen molar-refractivity contribution in [2.75, 3.05) is 14.2 Å². The third-order valence-electron chi connectivity index (χ3n) is 4.08. The lowest BCUT2D eigenvalue weighted by Gasteiger charge is -2.06. The molecular weight excluding hydrogens is 378 g/mol. The number of imidazole rings is 1. The van der Waals surface area contributed by atoms with Crippen molar-refractivity contribution in [2.24, 2.45) is 5.14 Å². The molecule has 0 aliphatic heterocycles. The Bertz CT molecular complexity index is 889. The van der Waals surface area contributed by atoms with E-state index in [0.29, 0.717) is 0 Å². The van der Waals surface area contributed by atoms with Crippen molar-refractivity contribution < 1.29 is 18.2 Å². The van der Waals surface area contributed by atoms with Crippen molar-refractivity contribution in [2.45, 2.75) is 19.9 Å². The van der Waals surface area contributed by atoms with Crippen LogP contribution in [0.4, 0.5) is 0 Å². The molecule has 1 aromatic heterocycles. The van der Waals surface area contributed by atoms with Gasteiger partial charge in [-0.15, -0.1) is 0 Å². The molecule has 2 N–H and O–H groups in total. The molecule has 28 heavy (non-hydrogen) atoms. The van der Waals surface area contributed by atoms with Gasteiger partial charge in [-0.1, -0.05) is 24.3 Å². The zero-order chi connectivity index (χ0) is 20.5. The van der Waals surface area contributed by atoms with Crippen molar-refractivity contribution in [3.05, 3.63) is 77.4 Å². The van der Waals surface area contributed by atoms with Crippen LogP contribution >= 0.6 is 0 Å². The Morgan fingerprint density at radius 2 is 1.46 bits per heavy atom. The summed E-state index contributed by atoms with van der Waals surface area (Å²) in [4.78, 5) is 4.69. The Morgan fingerprint density at radius 3 is 1.93 bits per heavy atom. The van der Waals surface area contributed by atoms with Crippen LogP contribution in [0.3, 0.4) is 0 Å². The van der Waals surface area contributed by atoms with E-state index in [1.54, 1.807) is 14.2 Å². The summed E-state index contributed by atoms with van der Waals surface area (Å²) in [5.74, 6) is 2.77. The van der Waals surface area contributed by atoms with Gasteiger partial charge in [0.1, 0.15) is 17.3 Å². The summed E-state index contributed by atoms with van der Waals surface area (Å²) in [5, 5.41) is 4.03. The van der Waals surface area contributed by atoms with E-state index >= 15 is 0 Å². The molecule has 0 aliphatic carbocycles. The maximum absolute atomic E-state index is 8.78. The van der Waals surface area contributed by atoms with E-state index in [-0.39, 0.29) is 0 Å². The van der Waals surface area contributed by atoms with Crippen LogP contribution in [0.1, 0.15) is 22.6 Å². The molecule has 0 amide bonds. The first-order chi connectivity index (χ1) is 13.4. The molecular formula is C20H24N3O4S-. The molecule has 0 radical (unpaired) electrons. The van der Waals surface area contributed by atoms with Gasteiger partial charge in [-0.05, 0) is 42.3 Å². The number of ether oxygens (including phenoxy) is 2. The van der Waals surface area contributed by atoms with Gasteiger partial charge >= 0.3 is 0 Å². The Labute approximate surface area is 167 Å². The molecule has 0 aliphatic rings. The summed E-state index contributed by atoms with van der Waals surface area (Å²) in [6.45, 7) is 2.85. The van der Waals surface area contributed by atoms with Crippen molar-refractivity contribution in [3.8, 4) is 11.5 Å².